The molecule has 1 saturated heterocycles. The first-order chi connectivity index (χ1) is 9.31. The van der Waals surface area contributed by atoms with Gasteiger partial charge in [0.1, 0.15) is 0 Å². The van der Waals surface area contributed by atoms with Gasteiger partial charge in [-0.05, 0) is 12.3 Å². The summed E-state index contributed by atoms with van der Waals surface area (Å²) in [7, 11) is 0. The number of aliphatic hydroxyl groups excluding tert-OH is 1. The van der Waals surface area contributed by atoms with Crippen LogP contribution in [-0.2, 0) is 4.74 Å². The molecule has 4 heteroatoms. The second-order valence-corrected chi connectivity index (χ2v) is 5.86. The number of morpholine rings is 1. The molecule has 0 bridgehead atoms. The first-order valence-electron chi connectivity index (χ1n) is 8.24. The van der Waals surface area contributed by atoms with Crippen LogP contribution < -0.4 is 0 Å². The Morgan fingerprint density at radius 3 is 2.50 bits per heavy atom. The number of aliphatic hydroxyl groups is 1. The average Bonchev–Trinajstić information content (AvgIpc) is 2.41. The van der Waals surface area contributed by atoms with Crippen LogP contribution >= 0.6 is 0 Å². The minimum absolute atomic E-state index is 0. The summed E-state index contributed by atoms with van der Waals surface area (Å²) in [5.74, 6) is 0.922. The van der Waals surface area contributed by atoms with Gasteiger partial charge >= 0.3 is 51.4 Å². The molecule has 116 valence electrons. The van der Waals surface area contributed by atoms with Crippen molar-refractivity contribution >= 4 is 51.4 Å². The van der Waals surface area contributed by atoms with Gasteiger partial charge in [0.25, 0.3) is 0 Å². The van der Waals surface area contributed by atoms with Crippen molar-refractivity contribution in [3.8, 4) is 0 Å². The molecule has 1 heterocycles. The fraction of sp³-hybridized carbons (Fsp3) is 1.00. The standard InChI is InChI=1S/C16H33NO2.K.H/c1-3-6-15(7-4-2)8-5-9-16-14-19-13-11-17(16)10-12-18;;/h15-16,18H,3-14H2,1-2H3;;. The zero-order valence-corrected chi connectivity index (χ0v) is 12.9. The SMILES string of the molecule is CCCC(CCC)CCCC1COCCN1CCO.[KH]. The molecule has 1 fully saturated rings. The monoisotopic (exact) mass is 311 g/mol. The molecule has 3 nitrogen and oxygen atoms in total. The molecule has 0 aromatic heterocycles. The maximum atomic E-state index is 9.11. The third kappa shape index (κ3) is 8.84. The van der Waals surface area contributed by atoms with Crippen molar-refractivity contribution < 1.29 is 9.84 Å². The van der Waals surface area contributed by atoms with Gasteiger partial charge in [-0.1, -0.05) is 52.4 Å². The van der Waals surface area contributed by atoms with Crippen LogP contribution in [0.3, 0.4) is 0 Å². The van der Waals surface area contributed by atoms with E-state index in [2.05, 4.69) is 18.7 Å². The van der Waals surface area contributed by atoms with E-state index in [1.165, 1.54) is 44.9 Å². The molecule has 0 aromatic carbocycles. The summed E-state index contributed by atoms with van der Waals surface area (Å²) in [6, 6.07) is 0.532. The van der Waals surface area contributed by atoms with Crippen LogP contribution in [-0.4, -0.2) is 100 Å². The van der Waals surface area contributed by atoms with Crippen molar-refractivity contribution in [3.05, 3.63) is 0 Å². The third-order valence-corrected chi connectivity index (χ3v) is 4.28. The molecule has 0 spiro atoms. The quantitative estimate of drug-likeness (QED) is 0.629. The second kappa shape index (κ2) is 14.1. The van der Waals surface area contributed by atoms with Crippen molar-refractivity contribution in [2.24, 2.45) is 5.92 Å². The van der Waals surface area contributed by atoms with Crippen molar-refractivity contribution in [3.63, 3.8) is 0 Å². The van der Waals surface area contributed by atoms with Crippen molar-refractivity contribution in [1.82, 2.24) is 4.90 Å². The van der Waals surface area contributed by atoms with Gasteiger partial charge in [-0.2, -0.15) is 0 Å². The topological polar surface area (TPSA) is 32.7 Å². The number of ether oxygens (including phenoxy) is 1. The van der Waals surface area contributed by atoms with Crippen LogP contribution in [0.1, 0.15) is 58.8 Å². The predicted molar refractivity (Wildman–Crippen MR) is 87.6 cm³/mol. The molecule has 0 saturated carbocycles. The molecular formula is C16H34KNO2. The summed E-state index contributed by atoms with van der Waals surface area (Å²) in [5.41, 5.74) is 0. The molecule has 1 aliphatic rings. The van der Waals surface area contributed by atoms with Gasteiger partial charge in [-0.25, -0.2) is 0 Å². The number of β-amino-alcohol motifs (C(OH)–C–C–N with tert-alkyl or cyclic N) is 1. The van der Waals surface area contributed by atoms with Gasteiger partial charge in [0, 0.05) is 19.1 Å². The number of hydrogen-bond acceptors (Lipinski definition) is 3. The minimum atomic E-state index is 0. The van der Waals surface area contributed by atoms with Gasteiger partial charge in [0.05, 0.1) is 19.8 Å². The van der Waals surface area contributed by atoms with E-state index in [1.807, 2.05) is 0 Å². The van der Waals surface area contributed by atoms with Crippen LogP contribution in [0, 0.1) is 5.92 Å². The Bertz CT molecular complexity index is 209. The van der Waals surface area contributed by atoms with Gasteiger partial charge in [0.2, 0.25) is 0 Å². The van der Waals surface area contributed by atoms with E-state index in [9.17, 15) is 0 Å². The summed E-state index contributed by atoms with van der Waals surface area (Å²) in [5, 5.41) is 9.11. The van der Waals surface area contributed by atoms with Crippen molar-refractivity contribution in [2.45, 2.75) is 64.8 Å². The maximum absolute atomic E-state index is 9.11. The summed E-state index contributed by atoms with van der Waals surface area (Å²) in [6.07, 6.45) is 9.29. The first-order valence-corrected chi connectivity index (χ1v) is 8.24. The molecule has 0 aliphatic carbocycles. The van der Waals surface area contributed by atoms with Crippen LogP contribution in [0.2, 0.25) is 0 Å². The van der Waals surface area contributed by atoms with Crippen LogP contribution in [0.5, 0.6) is 0 Å². The molecule has 1 N–H and O–H groups in total. The number of rotatable bonds is 10. The molecule has 1 atom stereocenters. The van der Waals surface area contributed by atoms with E-state index >= 15 is 0 Å². The summed E-state index contributed by atoms with van der Waals surface area (Å²) in [4.78, 5) is 2.40. The average molecular weight is 312 g/mol. The first kappa shape index (κ1) is 21.5. The molecule has 20 heavy (non-hydrogen) atoms. The van der Waals surface area contributed by atoms with Crippen LogP contribution in [0.4, 0.5) is 0 Å². The Balaban J connectivity index is 0.00000361. The van der Waals surface area contributed by atoms with Crippen molar-refractivity contribution in [2.75, 3.05) is 32.9 Å². The normalized spacial score (nSPS) is 20.1. The fourth-order valence-electron chi connectivity index (χ4n) is 3.27. The van der Waals surface area contributed by atoms with E-state index in [-0.39, 0.29) is 58.0 Å². The molecule has 1 rings (SSSR count). The number of hydrogen-bond donors (Lipinski definition) is 1. The number of nitrogens with zero attached hydrogens (tertiary/aromatic N) is 1. The Labute approximate surface area is 168 Å². The third-order valence-electron chi connectivity index (χ3n) is 4.28. The Hall–Kier alpha value is 1.52. The fourth-order valence-corrected chi connectivity index (χ4v) is 3.27. The Kier molecular flexibility index (Phi) is 15.2. The molecule has 1 unspecified atom stereocenters. The predicted octanol–water partition coefficient (Wildman–Crippen LogP) is 2.42. The molecule has 0 aromatic rings. The van der Waals surface area contributed by atoms with Gasteiger partial charge in [-0.3, -0.25) is 4.90 Å². The zero-order valence-electron chi connectivity index (χ0n) is 12.9. The van der Waals surface area contributed by atoms with Gasteiger partial charge in [-0.15, -0.1) is 0 Å². The Morgan fingerprint density at radius 2 is 1.90 bits per heavy atom. The van der Waals surface area contributed by atoms with Crippen molar-refractivity contribution in [1.29, 1.82) is 0 Å². The van der Waals surface area contributed by atoms with E-state index in [0.717, 1.165) is 32.2 Å². The van der Waals surface area contributed by atoms with E-state index in [0.29, 0.717) is 6.04 Å². The zero-order chi connectivity index (χ0) is 13.9. The van der Waals surface area contributed by atoms with E-state index in [1.54, 1.807) is 0 Å². The second-order valence-electron chi connectivity index (χ2n) is 5.86. The molecular weight excluding hydrogens is 277 g/mol. The summed E-state index contributed by atoms with van der Waals surface area (Å²) >= 11 is 0. The van der Waals surface area contributed by atoms with Gasteiger partial charge < -0.3 is 9.84 Å². The summed E-state index contributed by atoms with van der Waals surface area (Å²) < 4.78 is 5.59. The van der Waals surface area contributed by atoms with E-state index < -0.39 is 0 Å². The summed E-state index contributed by atoms with van der Waals surface area (Å²) in [6.45, 7) is 8.32. The molecule has 1 aliphatic heterocycles. The van der Waals surface area contributed by atoms with Crippen LogP contribution in [0.15, 0.2) is 0 Å². The van der Waals surface area contributed by atoms with Crippen LogP contribution in [0.25, 0.3) is 0 Å². The van der Waals surface area contributed by atoms with Gasteiger partial charge in [0.15, 0.2) is 0 Å². The molecule has 0 radical (unpaired) electrons. The Morgan fingerprint density at radius 1 is 1.20 bits per heavy atom. The molecule has 0 amide bonds. The van der Waals surface area contributed by atoms with E-state index in [4.69, 9.17) is 9.84 Å².